The minimum atomic E-state index is -3.59. The van der Waals surface area contributed by atoms with Gasteiger partial charge in [-0.15, -0.1) is 0 Å². The Labute approximate surface area is 226 Å². The third-order valence-corrected chi connectivity index (χ3v) is 9.85. The van der Waals surface area contributed by atoms with Gasteiger partial charge in [0, 0.05) is 32.3 Å². The van der Waals surface area contributed by atoms with E-state index in [1.54, 1.807) is 37.4 Å². The lowest BCUT2D eigenvalue weighted by atomic mass is 9.83. The molecular weight excluding hydrogens is 508 g/mol. The Kier molecular flexibility index (Phi) is 9.48. The van der Waals surface area contributed by atoms with Crippen molar-refractivity contribution in [3.63, 3.8) is 0 Å². The molecule has 0 aliphatic carbocycles. The Morgan fingerprint density at radius 3 is 2.47 bits per heavy atom. The highest BCUT2D eigenvalue weighted by Crippen LogP contribution is 2.41. The van der Waals surface area contributed by atoms with Gasteiger partial charge in [-0.05, 0) is 50.3 Å². The second kappa shape index (κ2) is 12.3. The van der Waals surface area contributed by atoms with Crippen molar-refractivity contribution >= 4 is 16.1 Å². The summed E-state index contributed by atoms with van der Waals surface area (Å²) in [6, 6.07) is 8.50. The molecule has 0 N–H and O–H groups in total. The molecule has 1 aromatic carbocycles. The maximum Gasteiger partial charge on any atom is 0.178 e. The first kappa shape index (κ1) is 29.4. The van der Waals surface area contributed by atoms with E-state index in [2.05, 4.69) is 13.5 Å². The van der Waals surface area contributed by atoms with Crippen LogP contribution in [0.5, 0.6) is 0 Å². The topological polar surface area (TPSA) is 97.4 Å². The number of sulfone groups is 1. The molecule has 1 aromatic rings. The minimum Gasteiger partial charge on any atom is -0.378 e. The number of benzene rings is 1. The highest BCUT2D eigenvalue weighted by atomic mass is 32.2. The quantitative estimate of drug-likeness (QED) is 0.300. The number of ether oxygens (including phenoxy) is 5. The fraction of sp³-hybridized carbons (Fsp3) is 0.690. The molecule has 3 saturated heterocycles. The Morgan fingerprint density at radius 2 is 1.84 bits per heavy atom. The molecule has 212 valence electrons. The van der Waals surface area contributed by atoms with Crippen LogP contribution in [0.25, 0.3) is 0 Å². The van der Waals surface area contributed by atoms with E-state index in [9.17, 15) is 13.2 Å². The molecule has 3 aliphatic heterocycles. The van der Waals surface area contributed by atoms with Gasteiger partial charge in [-0.3, -0.25) is 0 Å². The molecule has 3 heterocycles. The monoisotopic (exact) mass is 550 g/mol. The first-order chi connectivity index (χ1) is 18.0. The standard InChI is InChI=1S/C29H42O8S/c1-19-14-21(10-9-13-30)35-25(20(19)2)16-26-24(18-38(31,32)23-11-7-6-8-12-23)28(33-5)27(36-26)15-22-17-34-29(3,4)37-22/h6-8,11-13,19,21-22,24-28H,2,9-10,14-18H2,1,3-5H3/t19-,21+,22+,24+,25+,26+,27-,28-/m1/s1. The summed E-state index contributed by atoms with van der Waals surface area (Å²) in [6.07, 6.45) is 2.13. The van der Waals surface area contributed by atoms with Crippen LogP contribution in [0.1, 0.15) is 52.9 Å². The summed E-state index contributed by atoms with van der Waals surface area (Å²) in [5, 5.41) is 0. The SMILES string of the molecule is C=C1[C@H](C)C[C@H](CCC=O)O[C@H]1C[C@@H]1O[C@H](C[C@H]2COC(C)(C)O2)[C@H](OC)[C@H]1CS(=O)(=O)c1ccccc1. The molecule has 0 spiro atoms. The molecule has 38 heavy (non-hydrogen) atoms. The van der Waals surface area contributed by atoms with Gasteiger partial charge in [0.1, 0.15) is 6.29 Å². The summed E-state index contributed by atoms with van der Waals surface area (Å²) in [6.45, 7) is 10.6. The maximum absolute atomic E-state index is 13.5. The molecule has 0 radical (unpaired) electrons. The molecule has 9 heteroatoms. The predicted molar refractivity (Wildman–Crippen MR) is 142 cm³/mol. The van der Waals surface area contributed by atoms with Crippen molar-refractivity contribution in [2.45, 2.75) is 100 Å². The second-order valence-corrected chi connectivity index (χ2v) is 13.3. The van der Waals surface area contributed by atoms with Crippen LogP contribution in [0.4, 0.5) is 0 Å². The van der Waals surface area contributed by atoms with E-state index in [1.165, 1.54) is 0 Å². The zero-order valence-corrected chi connectivity index (χ0v) is 23.7. The fourth-order valence-corrected chi connectivity index (χ4v) is 7.73. The first-order valence-electron chi connectivity index (χ1n) is 13.6. The maximum atomic E-state index is 13.5. The highest BCUT2D eigenvalue weighted by molar-refractivity contribution is 7.91. The van der Waals surface area contributed by atoms with E-state index in [0.717, 1.165) is 18.3 Å². The Morgan fingerprint density at radius 1 is 1.11 bits per heavy atom. The van der Waals surface area contributed by atoms with Crippen LogP contribution in [-0.2, 0) is 38.3 Å². The summed E-state index contributed by atoms with van der Waals surface area (Å²) in [7, 11) is -1.99. The Hall–Kier alpha value is -1.62. The van der Waals surface area contributed by atoms with Crippen molar-refractivity contribution in [2.24, 2.45) is 11.8 Å². The lowest BCUT2D eigenvalue weighted by molar-refractivity contribution is -0.144. The number of carbonyl (C=O) groups excluding carboxylic acids is 1. The van der Waals surface area contributed by atoms with Gasteiger partial charge in [-0.2, -0.15) is 0 Å². The van der Waals surface area contributed by atoms with Gasteiger partial charge in [0.25, 0.3) is 0 Å². The number of hydrogen-bond acceptors (Lipinski definition) is 8. The van der Waals surface area contributed by atoms with Crippen LogP contribution < -0.4 is 0 Å². The molecule has 8 atom stereocenters. The van der Waals surface area contributed by atoms with E-state index < -0.39 is 33.8 Å². The fourth-order valence-electron chi connectivity index (χ4n) is 6.05. The molecule has 0 bridgehead atoms. The van der Waals surface area contributed by atoms with Crippen molar-refractivity contribution < 1.29 is 36.9 Å². The molecular formula is C29H42O8S. The second-order valence-electron chi connectivity index (χ2n) is 11.3. The van der Waals surface area contributed by atoms with Crippen molar-refractivity contribution in [3.8, 4) is 0 Å². The molecule has 0 unspecified atom stereocenters. The lowest BCUT2D eigenvalue weighted by Crippen LogP contribution is -2.40. The van der Waals surface area contributed by atoms with Crippen molar-refractivity contribution in [1.29, 1.82) is 0 Å². The van der Waals surface area contributed by atoms with Crippen LogP contribution in [0.15, 0.2) is 47.4 Å². The Bertz CT molecular complexity index is 1060. The molecule has 0 saturated carbocycles. The smallest absolute Gasteiger partial charge is 0.178 e. The third-order valence-electron chi connectivity index (χ3n) is 8.04. The molecule has 0 amide bonds. The zero-order valence-electron chi connectivity index (χ0n) is 22.9. The van der Waals surface area contributed by atoms with Gasteiger partial charge in [-0.1, -0.05) is 31.7 Å². The van der Waals surface area contributed by atoms with Crippen LogP contribution in [0.2, 0.25) is 0 Å². The largest absolute Gasteiger partial charge is 0.378 e. The minimum absolute atomic E-state index is 0.0427. The van der Waals surface area contributed by atoms with Gasteiger partial charge >= 0.3 is 0 Å². The first-order valence-corrected chi connectivity index (χ1v) is 15.2. The summed E-state index contributed by atoms with van der Waals surface area (Å²) < 4.78 is 57.6. The van der Waals surface area contributed by atoms with Crippen molar-refractivity contribution in [3.05, 3.63) is 42.5 Å². The molecule has 0 aromatic heterocycles. The number of hydrogen-bond donors (Lipinski definition) is 0. The average Bonchev–Trinajstić information content (AvgIpc) is 3.38. The number of methoxy groups -OCH3 is 1. The predicted octanol–water partition coefficient (Wildman–Crippen LogP) is 4.12. The molecule has 8 nitrogen and oxygen atoms in total. The van der Waals surface area contributed by atoms with E-state index in [-0.39, 0.29) is 41.0 Å². The van der Waals surface area contributed by atoms with Crippen LogP contribution in [-0.4, -0.2) is 76.6 Å². The number of rotatable bonds is 11. The highest BCUT2D eigenvalue weighted by Gasteiger charge is 2.50. The molecule has 3 aliphatic rings. The van der Waals surface area contributed by atoms with E-state index in [1.807, 2.05) is 13.8 Å². The van der Waals surface area contributed by atoms with Crippen LogP contribution in [0, 0.1) is 11.8 Å². The third kappa shape index (κ3) is 6.92. The van der Waals surface area contributed by atoms with Crippen molar-refractivity contribution in [1.82, 2.24) is 0 Å². The Balaban J connectivity index is 1.56. The summed E-state index contributed by atoms with van der Waals surface area (Å²) >= 11 is 0. The average molecular weight is 551 g/mol. The lowest BCUT2D eigenvalue weighted by Gasteiger charge is -2.37. The van der Waals surface area contributed by atoms with Crippen LogP contribution in [0.3, 0.4) is 0 Å². The van der Waals surface area contributed by atoms with E-state index in [0.29, 0.717) is 32.3 Å². The van der Waals surface area contributed by atoms with E-state index >= 15 is 0 Å². The van der Waals surface area contributed by atoms with Gasteiger partial charge in [0.2, 0.25) is 0 Å². The summed E-state index contributed by atoms with van der Waals surface area (Å²) in [5.41, 5.74) is 0.979. The number of aldehydes is 1. The van der Waals surface area contributed by atoms with Crippen molar-refractivity contribution in [2.75, 3.05) is 19.5 Å². The van der Waals surface area contributed by atoms with Gasteiger partial charge in [-0.25, -0.2) is 8.42 Å². The summed E-state index contributed by atoms with van der Waals surface area (Å²) in [5.74, 6) is -0.944. The zero-order chi connectivity index (χ0) is 27.5. The number of carbonyl (C=O) groups is 1. The molecule has 4 rings (SSSR count). The van der Waals surface area contributed by atoms with Crippen LogP contribution >= 0.6 is 0 Å². The normalized spacial score (nSPS) is 35.4. The summed E-state index contributed by atoms with van der Waals surface area (Å²) in [4.78, 5) is 11.2. The van der Waals surface area contributed by atoms with E-state index in [4.69, 9.17) is 23.7 Å². The van der Waals surface area contributed by atoms with Gasteiger partial charge in [0.05, 0.1) is 53.9 Å². The van der Waals surface area contributed by atoms with Gasteiger partial charge < -0.3 is 28.5 Å². The van der Waals surface area contributed by atoms with Gasteiger partial charge in [0.15, 0.2) is 15.6 Å². The molecule has 3 fully saturated rings.